The van der Waals surface area contributed by atoms with Crippen molar-refractivity contribution in [2.24, 2.45) is 0 Å². The molecule has 1 heterocycles. The van der Waals surface area contributed by atoms with Crippen molar-refractivity contribution in [3.8, 4) is 0 Å². The molecule has 110 valence electrons. The average Bonchev–Trinajstić information content (AvgIpc) is 2.40. The minimum atomic E-state index is -0.276. The highest BCUT2D eigenvalue weighted by atomic mass is 16.5. The fourth-order valence-electron chi connectivity index (χ4n) is 2.18. The van der Waals surface area contributed by atoms with Crippen molar-refractivity contribution in [1.82, 2.24) is 9.80 Å². The standard InChI is InChI=1S/C13H24N2O4/c1-4-15(5-2)12(16)10-14-6-7-19-11(9-14)8-13(17)18-3/h11H,4-10H2,1-3H3. The monoisotopic (exact) mass is 272 g/mol. The summed E-state index contributed by atoms with van der Waals surface area (Å²) >= 11 is 0. The zero-order chi connectivity index (χ0) is 14.3. The van der Waals surface area contributed by atoms with Crippen LogP contribution in [0.1, 0.15) is 20.3 Å². The molecule has 0 N–H and O–H groups in total. The highest BCUT2D eigenvalue weighted by Gasteiger charge is 2.25. The zero-order valence-electron chi connectivity index (χ0n) is 12.1. The molecule has 6 heteroatoms. The van der Waals surface area contributed by atoms with Crippen LogP contribution in [-0.2, 0) is 19.1 Å². The first-order valence-corrected chi connectivity index (χ1v) is 6.79. The molecular formula is C13H24N2O4. The molecule has 6 nitrogen and oxygen atoms in total. The Morgan fingerprint density at radius 2 is 2.05 bits per heavy atom. The molecule has 1 amide bonds. The maximum atomic E-state index is 12.0. The van der Waals surface area contributed by atoms with Gasteiger partial charge in [-0.15, -0.1) is 0 Å². The summed E-state index contributed by atoms with van der Waals surface area (Å²) < 4.78 is 10.1. The van der Waals surface area contributed by atoms with E-state index in [1.807, 2.05) is 23.6 Å². The van der Waals surface area contributed by atoms with Crippen LogP contribution in [0.3, 0.4) is 0 Å². The highest BCUT2D eigenvalue weighted by Crippen LogP contribution is 2.09. The second-order valence-electron chi connectivity index (χ2n) is 4.57. The van der Waals surface area contributed by atoms with Crippen molar-refractivity contribution in [2.75, 3.05) is 46.4 Å². The van der Waals surface area contributed by atoms with Crippen LogP contribution in [0.15, 0.2) is 0 Å². The van der Waals surface area contributed by atoms with Crippen molar-refractivity contribution in [1.29, 1.82) is 0 Å². The molecule has 0 aliphatic carbocycles. The summed E-state index contributed by atoms with van der Waals surface area (Å²) in [7, 11) is 1.37. The molecule has 0 spiro atoms. The van der Waals surface area contributed by atoms with Crippen molar-refractivity contribution in [3.63, 3.8) is 0 Å². The number of amides is 1. The van der Waals surface area contributed by atoms with E-state index in [2.05, 4.69) is 4.74 Å². The molecular weight excluding hydrogens is 248 g/mol. The van der Waals surface area contributed by atoms with E-state index >= 15 is 0 Å². The number of likely N-dealkylation sites (N-methyl/N-ethyl adjacent to an activating group) is 1. The number of esters is 1. The maximum Gasteiger partial charge on any atom is 0.308 e. The Kier molecular flexibility index (Phi) is 6.80. The summed E-state index contributed by atoms with van der Waals surface area (Å²) in [6, 6.07) is 0. The third-order valence-electron chi connectivity index (χ3n) is 3.32. The van der Waals surface area contributed by atoms with Crippen LogP contribution >= 0.6 is 0 Å². The molecule has 1 aliphatic heterocycles. The first-order chi connectivity index (χ1) is 9.10. The van der Waals surface area contributed by atoms with Gasteiger partial charge in [0.25, 0.3) is 0 Å². The van der Waals surface area contributed by atoms with E-state index in [0.29, 0.717) is 19.7 Å². The number of hydrogen-bond donors (Lipinski definition) is 0. The normalized spacial score (nSPS) is 20.1. The molecule has 1 unspecified atom stereocenters. The van der Waals surface area contributed by atoms with Gasteiger partial charge in [0, 0.05) is 26.2 Å². The summed E-state index contributed by atoms with van der Waals surface area (Å²) in [5, 5.41) is 0. The summed E-state index contributed by atoms with van der Waals surface area (Å²) in [6.07, 6.45) is 0.0672. The lowest BCUT2D eigenvalue weighted by atomic mass is 10.2. The first kappa shape index (κ1) is 15.9. The smallest absolute Gasteiger partial charge is 0.308 e. The van der Waals surface area contributed by atoms with Crippen LogP contribution in [0, 0.1) is 0 Å². The minimum absolute atomic E-state index is 0.128. The number of carbonyl (C=O) groups excluding carboxylic acids is 2. The van der Waals surface area contributed by atoms with E-state index < -0.39 is 0 Å². The van der Waals surface area contributed by atoms with Gasteiger partial charge in [-0.25, -0.2) is 0 Å². The minimum Gasteiger partial charge on any atom is -0.469 e. The van der Waals surface area contributed by atoms with Crippen LogP contribution in [0.4, 0.5) is 0 Å². The third-order valence-corrected chi connectivity index (χ3v) is 3.32. The Morgan fingerprint density at radius 3 is 2.63 bits per heavy atom. The predicted molar refractivity (Wildman–Crippen MR) is 70.7 cm³/mol. The lowest BCUT2D eigenvalue weighted by Crippen LogP contribution is -2.48. The molecule has 0 aromatic rings. The molecule has 1 saturated heterocycles. The van der Waals surface area contributed by atoms with E-state index in [1.54, 1.807) is 0 Å². The van der Waals surface area contributed by atoms with Crippen LogP contribution in [0.25, 0.3) is 0 Å². The Morgan fingerprint density at radius 1 is 1.37 bits per heavy atom. The summed E-state index contributed by atoms with van der Waals surface area (Å²) in [4.78, 5) is 27.1. The Labute approximate surface area is 114 Å². The quantitative estimate of drug-likeness (QED) is 0.643. The van der Waals surface area contributed by atoms with Gasteiger partial charge in [0.1, 0.15) is 0 Å². The molecule has 1 rings (SSSR count). The third kappa shape index (κ3) is 5.16. The van der Waals surface area contributed by atoms with Gasteiger partial charge in [0.2, 0.25) is 5.91 Å². The van der Waals surface area contributed by atoms with Crippen molar-refractivity contribution >= 4 is 11.9 Å². The van der Waals surface area contributed by atoms with Gasteiger partial charge in [-0.3, -0.25) is 14.5 Å². The number of morpholine rings is 1. The number of methoxy groups -OCH3 is 1. The van der Waals surface area contributed by atoms with Gasteiger partial charge >= 0.3 is 5.97 Å². The van der Waals surface area contributed by atoms with Gasteiger partial charge in [-0.1, -0.05) is 0 Å². The molecule has 0 radical (unpaired) electrons. The van der Waals surface area contributed by atoms with E-state index in [1.165, 1.54) is 7.11 Å². The van der Waals surface area contributed by atoms with Gasteiger partial charge < -0.3 is 14.4 Å². The Balaban J connectivity index is 2.42. The number of rotatable bonds is 6. The van der Waals surface area contributed by atoms with E-state index in [9.17, 15) is 9.59 Å². The Bertz CT molecular complexity index is 305. The van der Waals surface area contributed by atoms with Gasteiger partial charge in [-0.05, 0) is 13.8 Å². The fraction of sp³-hybridized carbons (Fsp3) is 0.846. The fourth-order valence-corrected chi connectivity index (χ4v) is 2.18. The number of nitrogens with zero attached hydrogens (tertiary/aromatic N) is 2. The molecule has 0 bridgehead atoms. The number of hydrogen-bond acceptors (Lipinski definition) is 5. The van der Waals surface area contributed by atoms with Crippen LogP contribution < -0.4 is 0 Å². The summed E-state index contributed by atoms with van der Waals surface area (Å²) in [6.45, 7) is 7.67. The second-order valence-corrected chi connectivity index (χ2v) is 4.57. The molecule has 1 atom stereocenters. The molecule has 1 aliphatic rings. The van der Waals surface area contributed by atoms with Crippen LogP contribution in [0.5, 0.6) is 0 Å². The average molecular weight is 272 g/mol. The van der Waals surface area contributed by atoms with E-state index in [0.717, 1.165) is 19.6 Å². The van der Waals surface area contributed by atoms with Crippen molar-refractivity contribution in [2.45, 2.75) is 26.4 Å². The van der Waals surface area contributed by atoms with Crippen molar-refractivity contribution < 1.29 is 19.1 Å². The predicted octanol–water partition coefficient (Wildman–Crippen LogP) is 0.119. The first-order valence-electron chi connectivity index (χ1n) is 6.79. The van der Waals surface area contributed by atoms with Gasteiger partial charge in [-0.2, -0.15) is 0 Å². The van der Waals surface area contributed by atoms with Crippen LogP contribution in [-0.4, -0.2) is 74.2 Å². The summed E-state index contributed by atoms with van der Waals surface area (Å²) in [5.74, 6) is -0.148. The highest BCUT2D eigenvalue weighted by molar-refractivity contribution is 5.78. The molecule has 0 aromatic heterocycles. The van der Waals surface area contributed by atoms with Crippen LogP contribution in [0.2, 0.25) is 0 Å². The molecule has 1 fully saturated rings. The number of carbonyl (C=O) groups is 2. The maximum absolute atomic E-state index is 12.0. The zero-order valence-corrected chi connectivity index (χ0v) is 12.1. The number of ether oxygens (including phenoxy) is 2. The Hall–Kier alpha value is -1.14. The molecule has 0 saturated carbocycles. The van der Waals surface area contributed by atoms with Gasteiger partial charge in [0.05, 0.1) is 32.8 Å². The van der Waals surface area contributed by atoms with E-state index in [-0.39, 0.29) is 24.4 Å². The van der Waals surface area contributed by atoms with Crippen molar-refractivity contribution in [3.05, 3.63) is 0 Å². The second kappa shape index (κ2) is 8.12. The van der Waals surface area contributed by atoms with E-state index in [4.69, 9.17) is 4.74 Å². The van der Waals surface area contributed by atoms with Gasteiger partial charge in [0.15, 0.2) is 0 Å². The SMILES string of the molecule is CCN(CC)C(=O)CN1CCOC(CC(=O)OC)C1. The lowest BCUT2D eigenvalue weighted by molar-refractivity contribution is -0.146. The summed E-state index contributed by atoms with van der Waals surface area (Å²) in [5.41, 5.74) is 0. The largest absolute Gasteiger partial charge is 0.469 e. The molecule has 19 heavy (non-hydrogen) atoms. The molecule has 0 aromatic carbocycles. The lowest BCUT2D eigenvalue weighted by Gasteiger charge is -2.33. The topological polar surface area (TPSA) is 59.1 Å².